The second kappa shape index (κ2) is 2.88. The molecule has 0 aromatic rings. The molecule has 0 bridgehead atoms. The summed E-state index contributed by atoms with van der Waals surface area (Å²) in [5.74, 6) is 0. The van der Waals surface area contributed by atoms with E-state index in [1.54, 1.807) is 0 Å². The van der Waals surface area contributed by atoms with Crippen LogP contribution in [0.2, 0.25) is 0 Å². The van der Waals surface area contributed by atoms with Gasteiger partial charge in [0, 0.05) is 25.7 Å². The maximum atomic E-state index is 8.89. The van der Waals surface area contributed by atoms with Gasteiger partial charge in [-0.25, -0.2) is 0 Å². The zero-order valence-electron chi connectivity index (χ0n) is 8.45. The second-order valence-electron chi connectivity index (χ2n) is 4.54. The molecule has 2 fully saturated rings. The third kappa shape index (κ3) is 1.21. The van der Waals surface area contributed by atoms with E-state index >= 15 is 0 Å². The Bertz CT molecular complexity index is 243. The van der Waals surface area contributed by atoms with Crippen molar-refractivity contribution >= 4 is 0 Å². The van der Waals surface area contributed by atoms with Gasteiger partial charge in [-0.05, 0) is 26.7 Å². The summed E-state index contributed by atoms with van der Waals surface area (Å²) in [6.07, 6.45) is 4.69. The van der Waals surface area contributed by atoms with Crippen molar-refractivity contribution in [1.29, 1.82) is 5.26 Å². The number of nitrogens with zero attached hydrogens (tertiary/aromatic N) is 3. The predicted molar refractivity (Wildman–Crippen MR) is 51.0 cm³/mol. The smallest absolute Gasteiger partial charge is 0.179 e. The maximum absolute atomic E-state index is 8.89. The van der Waals surface area contributed by atoms with Crippen LogP contribution in [0.4, 0.5) is 0 Å². The number of hydrogen-bond acceptors (Lipinski definition) is 3. The fourth-order valence-corrected chi connectivity index (χ4v) is 2.45. The fraction of sp³-hybridized carbons (Fsp3) is 0.900. The SMILES string of the molecule is CC(C)N1CCC2(CCN2C#N)C1. The van der Waals surface area contributed by atoms with E-state index in [-0.39, 0.29) is 5.54 Å². The summed E-state index contributed by atoms with van der Waals surface area (Å²) in [5.41, 5.74) is 0.235. The molecule has 0 aromatic heterocycles. The Morgan fingerprint density at radius 1 is 1.31 bits per heavy atom. The molecule has 2 heterocycles. The molecular weight excluding hydrogens is 162 g/mol. The van der Waals surface area contributed by atoms with Crippen molar-refractivity contribution in [1.82, 2.24) is 9.80 Å². The minimum atomic E-state index is 0.235. The average molecular weight is 179 g/mol. The molecule has 2 aliphatic heterocycles. The third-order valence-electron chi connectivity index (χ3n) is 3.59. The molecule has 3 heteroatoms. The van der Waals surface area contributed by atoms with Gasteiger partial charge in [0.15, 0.2) is 6.19 Å². The topological polar surface area (TPSA) is 30.3 Å². The van der Waals surface area contributed by atoms with Gasteiger partial charge in [-0.15, -0.1) is 0 Å². The van der Waals surface area contributed by atoms with Crippen LogP contribution in [0.3, 0.4) is 0 Å². The van der Waals surface area contributed by atoms with E-state index in [2.05, 4.69) is 24.9 Å². The van der Waals surface area contributed by atoms with Crippen LogP contribution < -0.4 is 0 Å². The summed E-state index contributed by atoms with van der Waals surface area (Å²) >= 11 is 0. The highest BCUT2D eigenvalue weighted by Gasteiger charge is 2.49. The molecule has 2 rings (SSSR count). The molecule has 0 saturated carbocycles. The van der Waals surface area contributed by atoms with Gasteiger partial charge in [-0.1, -0.05) is 0 Å². The highest BCUT2D eigenvalue weighted by Crippen LogP contribution is 2.38. The van der Waals surface area contributed by atoms with Crippen LogP contribution in [0.15, 0.2) is 0 Å². The lowest BCUT2D eigenvalue weighted by Gasteiger charge is -2.47. The Balaban J connectivity index is 2.02. The molecule has 0 N–H and O–H groups in total. The molecule has 2 aliphatic rings. The van der Waals surface area contributed by atoms with Gasteiger partial charge in [-0.2, -0.15) is 5.26 Å². The zero-order chi connectivity index (χ0) is 9.47. The van der Waals surface area contributed by atoms with Crippen molar-refractivity contribution in [3.05, 3.63) is 0 Å². The van der Waals surface area contributed by atoms with Crippen molar-refractivity contribution < 1.29 is 0 Å². The van der Waals surface area contributed by atoms with Crippen molar-refractivity contribution in [2.45, 2.75) is 38.3 Å². The molecule has 72 valence electrons. The zero-order valence-corrected chi connectivity index (χ0v) is 8.45. The summed E-state index contributed by atoms with van der Waals surface area (Å²) in [7, 11) is 0. The number of likely N-dealkylation sites (tertiary alicyclic amines) is 2. The Morgan fingerprint density at radius 3 is 2.38 bits per heavy atom. The van der Waals surface area contributed by atoms with Crippen LogP contribution in [0.25, 0.3) is 0 Å². The lowest BCUT2D eigenvalue weighted by atomic mass is 9.84. The van der Waals surface area contributed by atoms with Crippen LogP contribution in [0.5, 0.6) is 0 Å². The molecule has 0 amide bonds. The van der Waals surface area contributed by atoms with Gasteiger partial charge in [-0.3, -0.25) is 4.90 Å². The lowest BCUT2D eigenvalue weighted by molar-refractivity contribution is 0.0469. The monoisotopic (exact) mass is 179 g/mol. The van der Waals surface area contributed by atoms with E-state index in [0.717, 1.165) is 19.6 Å². The number of rotatable bonds is 1. The number of nitriles is 1. The van der Waals surface area contributed by atoms with Gasteiger partial charge in [0.05, 0.1) is 5.54 Å². The summed E-state index contributed by atoms with van der Waals surface area (Å²) in [6.45, 7) is 7.69. The molecule has 0 aromatic carbocycles. The van der Waals surface area contributed by atoms with E-state index in [1.165, 1.54) is 12.8 Å². The quantitative estimate of drug-likeness (QED) is 0.563. The van der Waals surface area contributed by atoms with Gasteiger partial charge >= 0.3 is 0 Å². The second-order valence-corrected chi connectivity index (χ2v) is 4.54. The summed E-state index contributed by atoms with van der Waals surface area (Å²) in [6, 6.07) is 0.625. The third-order valence-corrected chi connectivity index (χ3v) is 3.59. The first kappa shape index (κ1) is 8.83. The van der Waals surface area contributed by atoms with E-state index in [0.29, 0.717) is 6.04 Å². The minimum absolute atomic E-state index is 0.235. The Kier molecular flexibility index (Phi) is 1.96. The van der Waals surface area contributed by atoms with Crippen molar-refractivity contribution in [2.24, 2.45) is 0 Å². The highest BCUT2D eigenvalue weighted by atomic mass is 15.3. The van der Waals surface area contributed by atoms with Gasteiger partial charge in [0.1, 0.15) is 0 Å². The first-order valence-electron chi connectivity index (χ1n) is 5.09. The average Bonchev–Trinajstić information content (AvgIpc) is 2.49. The Hall–Kier alpha value is -0.750. The standard InChI is InChI=1S/C10H17N3/c1-9(2)12-5-3-10(7-12)4-6-13(10)8-11/h9H,3-7H2,1-2H3. The normalized spacial score (nSPS) is 33.8. The molecule has 0 radical (unpaired) electrons. The van der Waals surface area contributed by atoms with Crippen LogP contribution in [-0.2, 0) is 0 Å². The Labute approximate surface area is 79.9 Å². The van der Waals surface area contributed by atoms with Crippen LogP contribution in [0.1, 0.15) is 26.7 Å². The first-order chi connectivity index (χ1) is 6.18. The van der Waals surface area contributed by atoms with Crippen molar-refractivity contribution in [3.8, 4) is 6.19 Å². The summed E-state index contributed by atoms with van der Waals surface area (Å²) < 4.78 is 0. The molecule has 1 spiro atoms. The van der Waals surface area contributed by atoms with Gasteiger partial charge < -0.3 is 4.90 Å². The first-order valence-corrected chi connectivity index (χ1v) is 5.09. The van der Waals surface area contributed by atoms with Crippen molar-refractivity contribution in [3.63, 3.8) is 0 Å². The summed E-state index contributed by atoms with van der Waals surface area (Å²) in [5, 5.41) is 8.89. The van der Waals surface area contributed by atoms with Crippen LogP contribution in [0, 0.1) is 11.5 Å². The molecule has 3 nitrogen and oxygen atoms in total. The van der Waals surface area contributed by atoms with Crippen molar-refractivity contribution in [2.75, 3.05) is 19.6 Å². The largest absolute Gasteiger partial charge is 0.303 e. The van der Waals surface area contributed by atoms with E-state index in [4.69, 9.17) is 5.26 Å². The van der Waals surface area contributed by atoms with E-state index < -0.39 is 0 Å². The molecule has 0 aliphatic carbocycles. The lowest BCUT2D eigenvalue weighted by Crippen LogP contribution is -2.59. The maximum Gasteiger partial charge on any atom is 0.179 e. The fourth-order valence-electron chi connectivity index (χ4n) is 2.45. The molecule has 2 saturated heterocycles. The van der Waals surface area contributed by atoms with Crippen LogP contribution >= 0.6 is 0 Å². The van der Waals surface area contributed by atoms with Gasteiger partial charge in [0.25, 0.3) is 0 Å². The summed E-state index contributed by atoms with van der Waals surface area (Å²) in [4.78, 5) is 4.44. The predicted octanol–water partition coefficient (Wildman–Crippen LogP) is 1.03. The molecule has 1 unspecified atom stereocenters. The molecular formula is C10H17N3. The van der Waals surface area contributed by atoms with Crippen LogP contribution in [-0.4, -0.2) is 41.0 Å². The molecule has 13 heavy (non-hydrogen) atoms. The highest BCUT2D eigenvalue weighted by molar-refractivity contribution is 5.10. The van der Waals surface area contributed by atoms with Gasteiger partial charge in [0.2, 0.25) is 0 Å². The Morgan fingerprint density at radius 2 is 2.00 bits per heavy atom. The van der Waals surface area contributed by atoms with E-state index in [9.17, 15) is 0 Å². The number of hydrogen-bond donors (Lipinski definition) is 0. The van der Waals surface area contributed by atoms with E-state index in [1.807, 2.05) is 4.90 Å². The molecule has 1 atom stereocenters. The minimum Gasteiger partial charge on any atom is -0.303 e.